The van der Waals surface area contributed by atoms with Gasteiger partial charge < -0.3 is 14.8 Å². The second kappa shape index (κ2) is 8.23. The molecule has 2 aromatic carbocycles. The Morgan fingerprint density at radius 2 is 1.84 bits per heavy atom. The van der Waals surface area contributed by atoms with Gasteiger partial charge in [0.1, 0.15) is 6.61 Å². The van der Waals surface area contributed by atoms with Gasteiger partial charge in [0, 0.05) is 5.69 Å². The first-order chi connectivity index (χ1) is 11.7. The van der Waals surface area contributed by atoms with E-state index < -0.39 is 13.2 Å². The molecule has 0 atom stereocenters. The third kappa shape index (κ3) is 6.64. The molecule has 2 aromatic rings. The van der Waals surface area contributed by atoms with E-state index in [0.717, 1.165) is 18.3 Å². The lowest BCUT2D eigenvalue weighted by atomic mass is 9.51. The molecule has 5 nitrogen and oxygen atoms in total. The standard InChI is InChI=1S/C18H23B2NO4/c1-18(2,3)19-14-9-15(20(23)24)11-16(10-14)21-17(22)25-12-13-7-5-4-6-8-13/h4-11,19,23-24H,12H2,1-3H3,(H,21,22). The summed E-state index contributed by atoms with van der Waals surface area (Å²) in [5.41, 5.74) is 2.62. The average molecular weight is 339 g/mol. The number of hydrogen-bond acceptors (Lipinski definition) is 4. The molecule has 0 bridgehead atoms. The van der Waals surface area contributed by atoms with Gasteiger partial charge in [0.25, 0.3) is 0 Å². The predicted octanol–water partition coefficient (Wildman–Crippen LogP) is 1.40. The van der Waals surface area contributed by atoms with Crippen molar-refractivity contribution in [1.29, 1.82) is 0 Å². The highest BCUT2D eigenvalue weighted by molar-refractivity contribution is 6.62. The predicted molar refractivity (Wildman–Crippen MR) is 103 cm³/mol. The van der Waals surface area contributed by atoms with E-state index in [9.17, 15) is 14.8 Å². The minimum Gasteiger partial charge on any atom is -0.444 e. The van der Waals surface area contributed by atoms with Crippen LogP contribution in [0, 0.1) is 0 Å². The van der Waals surface area contributed by atoms with Crippen molar-refractivity contribution in [2.75, 3.05) is 5.32 Å². The molecule has 0 aliphatic carbocycles. The maximum Gasteiger partial charge on any atom is 0.488 e. The number of rotatable bonds is 5. The maximum atomic E-state index is 12.0. The fourth-order valence-corrected chi connectivity index (χ4v) is 2.53. The molecular weight excluding hydrogens is 316 g/mol. The molecule has 0 saturated carbocycles. The van der Waals surface area contributed by atoms with Gasteiger partial charge in [-0.25, -0.2) is 4.79 Å². The third-order valence-corrected chi connectivity index (χ3v) is 3.51. The third-order valence-electron chi connectivity index (χ3n) is 3.51. The maximum absolute atomic E-state index is 12.0. The molecule has 2 rings (SSSR count). The Morgan fingerprint density at radius 3 is 2.44 bits per heavy atom. The highest BCUT2D eigenvalue weighted by Gasteiger charge is 2.19. The van der Waals surface area contributed by atoms with E-state index in [1.807, 2.05) is 36.4 Å². The molecule has 0 aromatic heterocycles. The number of benzene rings is 2. The smallest absolute Gasteiger partial charge is 0.444 e. The Labute approximate surface area is 149 Å². The molecule has 0 fully saturated rings. The summed E-state index contributed by atoms with van der Waals surface area (Å²) in [5, 5.41) is 21.6. The van der Waals surface area contributed by atoms with Crippen molar-refractivity contribution in [2.45, 2.75) is 32.7 Å². The van der Waals surface area contributed by atoms with Gasteiger partial charge in [0.2, 0.25) is 0 Å². The second-order valence-electron chi connectivity index (χ2n) is 7.26. The normalized spacial score (nSPS) is 10.9. The largest absolute Gasteiger partial charge is 0.488 e. The van der Waals surface area contributed by atoms with Crippen LogP contribution in [0.3, 0.4) is 0 Å². The molecule has 7 heteroatoms. The molecule has 25 heavy (non-hydrogen) atoms. The molecule has 0 aliphatic rings. The van der Waals surface area contributed by atoms with E-state index in [2.05, 4.69) is 26.1 Å². The summed E-state index contributed by atoms with van der Waals surface area (Å²) in [6, 6.07) is 14.5. The number of carbonyl (C=O) groups is 1. The summed E-state index contributed by atoms with van der Waals surface area (Å²) < 4.78 is 5.20. The molecule has 0 unspecified atom stereocenters. The van der Waals surface area contributed by atoms with Crippen molar-refractivity contribution >= 4 is 37.1 Å². The fourth-order valence-electron chi connectivity index (χ4n) is 2.53. The van der Waals surface area contributed by atoms with Crippen molar-refractivity contribution in [1.82, 2.24) is 0 Å². The summed E-state index contributed by atoms with van der Waals surface area (Å²) >= 11 is 0. The lowest BCUT2D eigenvalue weighted by Crippen LogP contribution is -2.35. The van der Waals surface area contributed by atoms with Gasteiger partial charge in [-0.15, -0.1) is 0 Å². The van der Waals surface area contributed by atoms with Crippen LogP contribution in [0.15, 0.2) is 48.5 Å². The summed E-state index contributed by atoms with van der Waals surface area (Å²) in [5.74, 6) is 0. The second-order valence-corrected chi connectivity index (χ2v) is 7.26. The van der Waals surface area contributed by atoms with E-state index in [-0.39, 0.29) is 11.9 Å². The summed E-state index contributed by atoms with van der Waals surface area (Å²) in [6.07, 6.45) is -0.588. The molecule has 1 amide bonds. The number of anilines is 1. The van der Waals surface area contributed by atoms with Crippen LogP contribution in [0.5, 0.6) is 0 Å². The molecule has 0 aliphatic heterocycles. The Kier molecular flexibility index (Phi) is 6.28. The Hall–Kier alpha value is -2.24. The first-order valence-electron chi connectivity index (χ1n) is 8.21. The Morgan fingerprint density at radius 1 is 1.16 bits per heavy atom. The van der Waals surface area contributed by atoms with Crippen LogP contribution in [0.2, 0.25) is 5.31 Å². The number of carbonyl (C=O) groups excluding carboxylic acids is 1. The number of amides is 1. The molecule has 0 heterocycles. The van der Waals surface area contributed by atoms with Crippen LogP contribution in [0.4, 0.5) is 10.5 Å². The van der Waals surface area contributed by atoms with Crippen LogP contribution in [-0.4, -0.2) is 30.5 Å². The monoisotopic (exact) mass is 339 g/mol. The zero-order valence-corrected chi connectivity index (χ0v) is 14.8. The molecule has 0 saturated heterocycles. The van der Waals surface area contributed by atoms with Crippen LogP contribution >= 0.6 is 0 Å². The van der Waals surface area contributed by atoms with Gasteiger partial charge in [-0.05, 0) is 23.2 Å². The molecule has 0 radical (unpaired) electrons. The van der Waals surface area contributed by atoms with E-state index in [1.54, 1.807) is 6.07 Å². The molecule has 0 spiro atoms. The van der Waals surface area contributed by atoms with E-state index in [4.69, 9.17) is 4.74 Å². The first kappa shape index (κ1) is 19.1. The van der Waals surface area contributed by atoms with Crippen LogP contribution in [-0.2, 0) is 11.3 Å². The highest BCUT2D eigenvalue weighted by Crippen LogP contribution is 2.20. The van der Waals surface area contributed by atoms with E-state index >= 15 is 0 Å². The first-order valence-corrected chi connectivity index (χ1v) is 8.21. The van der Waals surface area contributed by atoms with Gasteiger partial charge in [0.05, 0.1) is 0 Å². The van der Waals surface area contributed by atoms with Crippen LogP contribution in [0.25, 0.3) is 0 Å². The zero-order chi connectivity index (χ0) is 18.4. The van der Waals surface area contributed by atoms with Crippen LogP contribution < -0.4 is 16.2 Å². The van der Waals surface area contributed by atoms with E-state index in [1.165, 1.54) is 6.07 Å². The summed E-state index contributed by atoms with van der Waals surface area (Å²) in [4.78, 5) is 12.0. The van der Waals surface area contributed by atoms with E-state index in [0.29, 0.717) is 11.2 Å². The lowest BCUT2D eigenvalue weighted by molar-refractivity contribution is 0.155. The van der Waals surface area contributed by atoms with Crippen molar-refractivity contribution < 1.29 is 19.6 Å². The summed E-state index contributed by atoms with van der Waals surface area (Å²) in [7, 11) is -0.859. The van der Waals surface area contributed by atoms with Gasteiger partial charge in [-0.3, -0.25) is 5.32 Å². The number of hydrogen-bond donors (Lipinski definition) is 3. The van der Waals surface area contributed by atoms with Crippen LogP contribution in [0.1, 0.15) is 26.3 Å². The Balaban J connectivity index is 2.07. The fraction of sp³-hybridized carbons (Fsp3) is 0.278. The highest BCUT2D eigenvalue weighted by atomic mass is 16.5. The number of ether oxygens (including phenoxy) is 1. The molecule has 130 valence electrons. The molecular formula is C18H23B2NO4. The zero-order valence-electron chi connectivity index (χ0n) is 14.8. The Bertz CT molecular complexity index is 715. The topological polar surface area (TPSA) is 78.8 Å². The van der Waals surface area contributed by atoms with Gasteiger partial charge in [-0.1, -0.05) is 67.9 Å². The minimum atomic E-state index is -1.60. The minimum absolute atomic E-state index is 0.0319. The van der Waals surface area contributed by atoms with Crippen molar-refractivity contribution in [2.24, 2.45) is 0 Å². The van der Waals surface area contributed by atoms with Gasteiger partial charge in [-0.2, -0.15) is 0 Å². The van der Waals surface area contributed by atoms with Crippen molar-refractivity contribution in [3.8, 4) is 0 Å². The number of nitrogens with one attached hydrogen (secondary N) is 1. The molecule has 3 N–H and O–H groups in total. The van der Waals surface area contributed by atoms with Crippen molar-refractivity contribution in [3.05, 3.63) is 54.1 Å². The lowest BCUT2D eigenvalue weighted by Gasteiger charge is -2.18. The van der Waals surface area contributed by atoms with Gasteiger partial charge in [0.15, 0.2) is 7.28 Å². The average Bonchev–Trinajstić information content (AvgIpc) is 2.52. The summed E-state index contributed by atoms with van der Waals surface area (Å²) in [6.45, 7) is 6.45. The van der Waals surface area contributed by atoms with Crippen molar-refractivity contribution in [3.63, 3.8) is 0 Å². The SMILES string of the molecule is CC(C)(C)Bc1cc(NC(=O)OCc2ccccc2)cc(B(O)O)c1. The van der Waals surface area contributed by atoms with Gasteiger partial charge >= 0.3 is 13.2 Å². The quantitative estimate of drug-likeness (QED) is 0.720.